The number of hydrogen-bond donors (Lipinski definition) is 3. The fraction of sp³-hybridized carbons (Fsp3) is 0.383. The summed E-state index contributed by atoms with van der Waals surface area (Å²) in [4.78, 5) is 66.4. The van der Waals surface area contributed by atoms with Gasteiger partial charge < -0.3 is 14.8 Å². The molecule has 0 radical (unpaired) electrons. The summed E-state index contributed by atoms with van der Waals surface area (Å²) < 4.78 is 73.3. The topological polar surface area (TPSA) is 171 Å². The number of rotatable bonds is 11. The van der Waals surface area contributed by atoms with Crippen LogP contribution in [0.5, 0.6) is 0 Å². The van der Waals surface area contributed by atoms with Gasteiger partial charge in [-0.1, -0.05) is 12.1 Å². The van der Waals surface area contributed by atoms with Gasteiger partial charge in [0.2, 0.25) is 11.8 Å². The predicted octanol–water partition coefficient (Wildman–Crippen LogP) is 5.24. The molecule has 2 atom stereocenters. The number of aromatic amines is 1. The van der Waals surface area contributed by atoms with Crippen LogP contribution in [0.25, 0.3) is 22.2 Å². The van der Waals surface area contributed by atoms with Crippen LogP contribution in [0.15, 0.2) is 73.1 Å². The molecule has 7 heterocycles. The summed E-state index contributed by atoms with van der Waals surface area (Å²) in [5.41, 5.74) is 4.69. The minimum Gasteiger partial charge on any atom is -0.372 e. The van der Waals surface area contributed by atoms with Crippen LogP contribution in [0.2, 0.25) is 0 Å². The highest BCUT2D eigenvalue weighted by Crippen LogP contribution is 2.34. The Labute approximate surface area is 379 Å². The van der Waals surface area contributed by atoms with E-state index in [1.54, 1.807) is 24.5 Å². The molecule has 0 aliphatic carbocycles. The third-order valence-electron chi connectivity index (χ3n) is 13.7. The fourth-order valence-corrected chi connectivity index (χ4v) is 11.2. The molecule has 0 spiro atoms. The number of amides is 4. The lowest BCUT2D eigenvalue weighted by atomic mass is 9.95. The number of anilines is 3. The molecule has 4 fully saturated rings. The van der Waals surface area contributed by atoms with E-state index in [9.17, 15) is 32.0 Å². The molecule has 2 aromatic heterocycles. The van der Waals surface area contributed by atoms with E-state index in [0.717, 1.165) is 102 Å². The number of H-pyrrole nitrogens is 1. The first-order valence-corrected chi connectivity index (χ1v) is 23.8. The molecule has 19 heteroatoms. The Kier molecular flexibility index (Phi) is 11.5. The Morgan fingerprint density at radius 1 is 0.773 bits per heavy atom. The SMILES string of the molecule is O=C1CCC(N2C(=O)c3ccc(N4CCN(CC5CCN(c6ccc(-c7cnc8[nH]cc(Cc9c(F)ccc(NS(=O)(=O)N%10CC[C@@H](F)C%10)c9F)c8c7)cc6)CC5)CC4)cc3C2=O)C(=O)N1. The molecule has 10 rings (SSSR count). The number of piperidine rings is 2. The highest BCUT2D eigenvalue weighted by Gasteiger charge is 2.45. The highest BCUT2D eigenvalue weighted by molar-refractivity contribution is 7.90. The first-order valence-electron chi connectivity index (χ1n) is 22.3. The largest absolute Gasteiger partial charge is 0.372 e. The van der Waals surface area contributed by atoms with E-state index in [1.165, 1.54) is 0 Å². The van der Waals surface area contributed by atoms with E-state index >= 15 is 8.78 Å². The van der Waals surface area contributed by atoms with Crippen molar-refractivity contribution >= 4 is 61.9 Å². The van der Waals surface area contributed by atoms with Crippen LogP contribution in [0.4, 0.5) is 30.2 Å². The van der Waals surface area contributed by atoms with E-state index < -0.39 is 63.4 Å². The van der Waals surface area contributed by atoms with Crippen molar-refractivity contribution in [1.29, 1.82) is 0 Å². The maximum atomic E-state index is 15.7. The molecule has 5 aliphatic heterocycles. The maximum Gasteiger partial charge on any atom is 0.301 e. The summed E-state index contributed by atoms with van der Waals surface area (Å²) in [5.74, 6) is -3.35. The highest BCUT2D eigenvalue weighted by atomic mass is 32.2. The average Bonchev–Trinajstić information content (AvgIpc) is 4.02. The molecule has 3 aromatic carbocycles. The Bertz CT molecular complexity index is 2860. The molecular weight excluding hydrogens is 876 g/mol. The summed E-state index contributed by atoms with van der Waals surface area (Å²) in [6, 6.07) is 16.5. The smallest absolute Gasteiger partial charge is 0.301 e. The Balaban J connectivity index is 0.723. The molecule has 15 nitrogen and oxygen atoms in total. The van der Waals surface area contributed by atoms with E-state index in [4.69, 9.17) is 0 Å². The molecule has 1 unspecified atom stereocenters. The number of halogens is 3. The van der Waals surface area contributed by atoms with Crippen molar-refractivity contribution in [2.75, 3.05) is 73.4 Å². The van der Waals surface area contributed by atoms with Crippen LogP contribution < -0.4 is 19.8 Å². The van der Waals surface area contributed by atoms with Crippen molar-refractivity contribution in [1.82, 2.24) is 29.4 Å². The van der Waals surface area contributed by atoms with Gasteiger partial charge in [-0.2, -0.15) is 12.7 Å². The Morgan fingerprint density at radius 3 is 2.23 bits per heavy atom. The summed E-state index contributed by atoms with van der Waals surface area (Å²) in [6.07, 6.45) is 4.27. The summed E-state index contributed by atoms with van der Waals surface area (Å²) in [6.45, 7) is 5.78. The van der Waals surface area contributed by atoms with Crippen molar-refractivity contribution in [3.63, 3.8) is 0 Å². The zero-order chi connectivity index (χ0) is 45.9. The molecule has 4 amide bonds. The maximum absolute atomic E-state index is 15.7. The Morgan fingerprint density at radius 2 is 1.50 bits per heavy atom. The van der Waals surface area contributed by atoms with E-state index in [-0.39, 0.29) is 55.5 Å². The lowest BCUT2D eigenvalue weighted by Crippen LogP contribution is -2.54. The van der Waals surface area contributed by atoms with Crippen molar-refractivity contribution in [3.8, 4) is 11.1 Å². The van der Waals surface area contributed by atoms with Crippen LogP contribution in [-0.2, 0) is 26.2 Å². The van der Waals surface area contributed by atoms with Crippen LogP contribution in [0.1, 0.15) is 63.9 Å². The van der Waals surface area contributed by atoms with Gasteiger partial charge in [0.25, 0.3) is 11.8 Å². The van der Waals surface area contributed by atoms with Gasteiger partial charge in [-0.25, -0.2) is 18.2 Å². The Hall–Kier alpha value is -6.31. The number of carbonyl (C=O) groups excluding carboxylic acids is 4. The van der Waals surface area contributed by atoms with Crippen molar-refractivity contribution in [3.05, 3.63) is 107 Å². The van der Waals surface area contributed by atoms with Crippen LogP contribution in [0.3, 0.4) is 0 Å². The number of carbonyl (C=O) groups is 4. The number of nitrogens with zero attached hydrogens (tertiary/aromatic N) is 6. The van der Waals surface area contributed by atoms with Crippen molar-refractivity contribution < 1.29 is 40.8 Å². The zero-order valence-electron chi connectivity index (χ0n) is 35.9. The van der Waals surface area contributed by atoms with Gasteiger partial charge in [0, 0.05) is 112 Å². The van der Waals surface area contributed by atoms with Crippen LogP contribution in [-0.4, -0.2) is 127 Å². The monoisotopic (exact) mass is 923 g/mol. The number of benzene rings is 3. The number of nitrogens with one attached hydrogen (secondary N) is 3. The van der Waals surface area contributed by atoms with E-state index in [0.29, 0.717) is 22.5 Å². The van der Waals surface area contributed by atoms with Gasteiger partial charge in [-0.05, 0) is 91.3 Å². The molecular formula is C47H48F3N9O6S. The van der Waals surface area contributed by atoms with E-state index in [1.807, 2.05) is 24.3 Å². The number of piperazine rings is 1. The van der Waals surface area contributed by atoms with Gasteiger partial charge in [0.1, 0.15) is 23.7 Å². The number of pyridine rings is 1. The normalized spacial score (nSPS) is 21.3. The first-order chi connectivity index (χ1) is 31.8. The molecule has 5 aromatic rings. The number of hydrogen-bond acceptors (Lipinski definition) is 10. The number of alkyl halides is 1. The molecule has 4 saturated heterocycles. The number of aromatic nitrogens is 2. The standard InChI is InChI=1S/C47H48F3N9O6S/c48-32-13-16-58(27-32)66(64,65)54-40-8-7-39(49)38(43(40)50)22-31-25-52-44-36(31)21-30(24-51-44)29-1-3-33(4-2-29)56-14-11-28(12-15-56)26-55-17-19-57(20-18-55)34-5-6-35-37(23-34)47(63)59(46(35)62)41-9-10-42(60)53-45(41)61/h1-8,21,23-25,28,32,41,54H,9-20,22,26-27H2,(H,51,52)(H,53,60,61)/t32-,41?/m1/s1. The number of fused-ring (bicyclic) bond motifs is 2. The minimum absolute atomic E-state index is 0.0296. The van der Waals surface area contributed by atoms with Crippen molar-refractivity contribution in [2.45, 2.75) is 50.7 Å². The fourth-order valence-electron chi connectivity index (χ4n) is 9.95. The third-order valence-corrected chi connectivity index (χ3v) is 15.2. The summed E-state index contributed by atoms with van der Waals surface area (Å²) >= 11 is 0. The zero-order valence-corrected chi connectivity index (χ0v) is 36.8. The van der Waals surface area contributed by atoms with Gasteiger partial charge in [0.05, 0.1) is 16.8 Å². The molecule has 344 valence electrons. The second kappa shape index (κ2) is 17.5. The average molecular weight is 924 g/mol. The molecule has 3 N–H and O–H groups in total. The molecule has 5 aliphatic rings. The van der Waals surface area contributed by atoms with Crippen LogP contribution in [0, 0.1) is 17.6 Å². The minimum atomic E-state index is -4.23. The van der Waals surface area contributed by atoms with Gasteiger partial charge in [0.15, 0.2) is 5.82 Å². The number of imide groups is 2. The molecule has 66 heavy (non-hydrogen) atoms. The van der Waals surface area contributed by atoms with Gasteiger partial charge >= 0.3 is 10.2 Å². The third kappa shape index (κ3) is 8.39. The van der Waals surface area contributed by atoms with Crippen LogP contribution >= 0.6 is 0 Å². The quantitative estimate of drug-likeness (QED) is 0.149. The second-order valence-electron chi connectivity index (χ2n) is 17.8. The van der Waals surface area contributed by atoms with Gasteiger partial charge in [-0.3, -0.25) is 39.0 Å². The lowest BCUT2D eigenvalue weighted by Gasteiger charge is -2.40. The second-order valence-corrected chi connectivity index (χ2v) is 19.5. The lowest BCUT2D eigenvalue weighted by molar-refractivity contribution is -0.136. The predicted molar refractivity (Wildman–Crippen MR) is 241 cm³/mol. The molecule has 0 saturated carbocycles. The molecule has 0 bridgehead atoms. The first kappa shape index (κ1) is 43.6. The van der Waals surface area contributed by atoms with Gasteiger partial charge in [-0.15, -0.1) is 0 Å². The van der Waals surface area contributed by atoms with Crippen molar-refractivity contribution in [2.24, 2.45) is 5.92 Å². The summed E-state index contributed by atoms with van der Waals surface area (Å²) in [5, 5.41) is 2.91. The summed E-state index contributed by atoms with van der Waals surface area (Å²) in [7, 11) is -4.23. The van der Waals surface area contributed by atoms with E-state index in [2.05, 4.69) is 46.8 Å².